The van der Waals surface area contributed by atoms with Crippen LogP contribution < -0.4 is 15.5 Å². The highest BCUT2D eigenvalue weighted by atomic mass is 127. The minimum Gasteiger partial charge on any atom is -0.369 e. The average Bonchev–Trinajstić information content (AvgIpc) is 3.05. The van der Waals surface area contributed by atoms with Crippen LogP contribution in [0.4, 0.5) is 5.69 Å². The van der Waals surface area contributed by atoms with Crippen molar-refractivity contribution in [2.45, 2.75) is 19.4 Å². The number of anilines is 1. The summed E-state index contributed by atoms with van der Waals surface area (Å²) in [5.74, 6) is 0.634. The van der Waals surface area contributed by atoms with E-state index in [0.29, 0.717) is 12.5 Å². The number of rotatable bonds is 6. The molecule has 0 spiro atoms. The normalized spacial score (nSPS) is 16.5. The Morgan fingerprint density at radius 1 is 1.37 bits per heavy atom. The van der Waals surface area contributed by atoms with Crippen molar-refractivity contribution < 1.29 is 4.79 Å². The molecule has 1 unspecified atom stereocenters. The molecule has 0 bridgehead atoms. The van der Waals surface area contributed by atoms with Gasteiger partial charge in [0.25, 0.3) is 0 Å². The molecule has 1 fully saturated rings. The Hall–Kier alpha value is -1.29. The lowest BCUT2D eigenvalue weighted by Gasteiger charge is -2.21. The van der Waals surface area contributed by atoms with Crippen LogP contribution in [0.3, 0.4) is 0 Å². The van der Waals surface area contributed by atoms with E-state index in [1.54, 1.807) is 19.0 Å². The van der Waals surface area contributed by atoms with E-state index >= 15 is 0 Å². The van der Waals surface area contributed by atoms with Crippen molar-refractivity contribution in [3.05, 3.63) is 40.9 Å². The van der Waals surface area contributed by atoms with E-state index < -0.39 is 0 Å². The van der Waals surface area contributed by atoms with Crippen LogP contribution >= 0.6 is 39.9 Å². The maximum Gasteiger partial charge on any atom is 0.243 e. The lowest BCUT2D eigenvalue weighted by atomic mass is 10.2. The minimum atomic E-state index is -0.0238. The molecule has 6 nitrogen and oxygen atoms in total. The van der Waals surface area contributed by atoms with Gasteiger partial charge in [-0.25, -0.2) is 4.99 Å². The van der Waals surface area contributed by atoms with Crippen LogP contribution in [-0.2, 0) is 4.79 Å². The molecule has 1 aromatic rings. The number of carbonyl (C=O) groups is 1. The van der Waals surface area contributed by atoms with Gasteiger partial charge in [0.1, 0.15) is 6.54 Å². The van der Waals surface area contributed by atoms with Gasteiger partial charge in [0.15, 0.2) is 5.96 Å². The maximum atomic E-state index is 11.8. The molecule has 2 N–H and O–H groups in total. The number of amides is 1. The summed E-state index contributed by atoms with van der Waals surface area (Å²) in [5, 5.41) is 6.70. The Labute approximate surface area is 187 Å². The van der Waals surface area contributed by atoms with Crippen molar-refractivity contribution >= 4 is 57.5 Å². The van der Waals surface area contributed by atoms with Gasteiger partial charge in [0.2, 0.25) is 5.91 Å². The third kappa shape index (κ3) is 8.08. The van der Waals surface area contributed by atoms with Gasteiger partial charge in [0.05, 0.1) is 0 Å². The largest absolute Gasteiger partial charge is 0.369 e. The fourth-order valence-corrected chi connectivity index (χ4v) is 2.90. The predicted molar refractivity (Wildman–Crippen MR) is 127 cm³/mol. The summed E-state index contributed by atoms with van der Waals surface area (Å²) in [4.78, 5) is 20.1. The van der Waals surface area contributed by atoms with Crippen molar-refractivity contribution in [2.24, 2.45) is 4.99 Å². The highest BCUT2D eigenvalue weighted by Gasteiger charge is 2.23. The zero-order valence-electron chi connectivity index (χ0n) is 16.2. The van der Waals surface area contributed by atoms with Gasteiger partial charge in [-0.15, -0.1) is 24.0 Å². The maximum absolute atomic E-state index is 11.8. The van der Waals surface area contributed by atoms with E-state index in [4.69, 9.17) is 0 Å². The van der Waals surface area contributed by atoms with Crippen molar-refractivity contribution in [3.8, 4) is 0 Å². The Bertz CT molecular complexity index is 663. The first kappa shape index (κ1) is 23.7. The monoisotopic (exact) mass is 549 g/mol. The zero-order chi connectivity index (χ0) is 19.1. The molecule has 1 aliphatic heterocycles. The molecule has 1 aromatic carbocycles. The van der Waals surface area contributed by atoms with E-state index in [1.165, 1.54) is 5.69 Å². The lowest BCUT2D eigenvalue weighted by molar-refractivity contribution is -0.127. The molecule has 1 atom stereocenters. The first-order valence-corrected chi connectivity index (χ1v) is 9.54. The van der Waals surface area contributed by atoms with Crippen LogP contribution in [0.1, 0.15) is 13.3 Å². The van der Waals surface area contributed by atoms with Crippen molar-refractivity contribution in [2.75, 3.05) is 45.2 Å². The summed E-state index contributed by atoms with van der Waals surface area (Å²) in [6, 6.07) is 8.64. The minimum absolute atomic E-state index is 0. The number of halogens is 2. The van der Waals surface area contributed by atoms with Crippen LogP contribution in [-0.4, -0.2) is 63.1 Å². The number of aliphatic imine (C=N–C) groups is 1. The first-order valence-electron chi connectivity index (χ1n) is 8.75. The molecule has 27 heavy (non-hydrogen) atoms. The fourth-order valence-electron chi connectivity index (χ4n) is 2.63. The Kier molecular flexibility index (Phi) is 10.1. The van der Waals surface area contributed by atoms with E-state index in [0.717, 1.165) is 29.6 Å². The van der Waals surface area contributed by atoms with Crippen LogP contribution in [0.15, 0.2) is 45.9 Å². The quantitative estimate of drug-likeness (QED) is 0.248. The number of carbonyl (C=O) groups excluding carboxylic acids is 1. The van der Waals surface area contributed by atoms with Gasteiger partial charge in [-0.05, 0) is 37.6 Å². The molecule has 2 rings (SSSR count). The smallest absolute Gasteiger partial charge is 0.243 e. The molecular weight excluding hydrogens is 521 g/mol. The molecule has 8 heteroatoms. The number of nitrogens with zero attached hydrogens (tertiary/aromatic N) is 3. The van der Waals surface area contributed by atoms with E-state index in [2.05, 4.69) is 67.3 Å². The van der Waals surface area contributed by atoms with Crippen LogP contribution in [0, 0.1) is 0 Å². The standard InChI is InChI=1S/C19H28BrN5O.HI/c1-14(2)11-21-19(22-12-18(26)24(3)4)23-16-9-10-25(13-16)17-7-5-15(20)6-8-17;/h5-8,16H,1,9-13H2,2-4H3,(H2,21,22,23);1H. The van der Waals surface area contributed by atoms with Gasteiger partial charge in [0, 0.05) is 49.9 Å². The number of hydrogen-bond acceptors (Lipinski definition) is 3. The average molecular weight is 550 g/mol. The molecule has 150 valence electrons. The summed E-state index contributed by atoms with van der Waals surface area (Å²) in [6.45, 7) is 8.51. The molecule has 0 aromatic heterocycles. The van der Waals surface area contributed by atoms with Gasteiger partial charge in [-0.2, -0.15) is 0 Å². The molecular formula is C19H29BrIN5O. The van der Waals surface area contributed by atoms with Crippen molar-refractivity contribution in [1.82, 2.24) is 15.5 Å². The molecule has 0 radical (unpaired) electrons. The Morgan fingerprint density at radius 3 is 2.63 bits per heavy atom. The Balaban J connectivity index is 0.00000364. The summed E-state index contributed by atoms with van der Waals surface area (Å²) < 4.78 is 1.08. The molecule has 1 saturated heterocycles. The fraction of sp³-hybridized carbons (Fsp3) is 0.474. The highest BCUT2D eigenvalue weighted by Crippen LogP contribution is 2.22. The van der Waals surface area contributed by atoms with E-state index in [9.17, 15) is 4.79 Å². The summed E-state index contributed by atoms with van der Waals surface area (Å²) in [6.07, 6.45) is 1.02. The summed E-state index contributed by atoms with van der Waals surface area (Å²) in [7, 11) is 3.47. The van der Waals surface area contributed by atoms with Crippen molar-refractivity contribution in [3.63, 3.8) is 0 Å². The van der Waals surface area contributed by atoms with E-state index in [1.807, 2.05) is 6.92 Å². The SMILES string of the molecule is C=C(C)CNC(=NCC(=O)N(C)C)NC1CCN(c2ccc(Br)cc2)C1.I. The van der Waals surface area contributed by atoms with Gasteiger partial charge in [-0.3, -0.25) is 4.79 Å². The second kappa shape index (κ2) is 11.5. The Morgan fingerprint density at radius 2 is 2.04 bits per heavy atom. The number of nitrogens with one attached hydrogen (secondary N) is 2. The van der Waals surface area contributed by atoms with Gasteiger partial charge in [-0.1, -0.05) is 28.1 Å². The third-order valence-corrected chi connectivity index (χ3v) is 4.68. The molecule has 0 aliphatic carbocycles. The third-order valence-electron chi connectivity index (χ3n) is 4.15. The second-order valence-electron chi connectivity index (χ2n) is 6.82. The highest BCUT2D eigenvalue weighted by molar-refractivity contribution is 14.0. The summed E-state index contributed by atoms with van der Waals surface area (Å²) >= 11 is 3.47. The number of likely N-dealkylation sites (N-methyl/N-ethyl adjacent to an activating group) is 1. The van der Waals surface area contributed by atoms with Crippen LogP contribution in [0.5, 0.6) is 0 Å². The first-order chi connectivity index (χ1) is 12.3. The zero-order valence-corrected chi connectivity index (χ0v) is 20.1. The number of guanidine groups is 1. The van der Waals surface area contributed by atoms with Crippen LogP contribution in [0.25, 0.3) is 0 Å². The molecule has 1 amide bonds. The second-order valence-corrected chi connectivity index (χ2v) is 7.73. The molecule has 1 aliphatic rings. The molecule has 0 saturated carbocycles. The number of benzene rings is 1. The summed E-state index contributed by atoms with van der Waals surface area (Å²) in [5.41, 5.74) is 2.23. The number of hydrogen-bond donors (Lipinski definition) is 2. The van der Waals surface area contributed by atoms with Gasteiger partial charge >= 0.3 is 0 Å². The topological polar surface area (TPSA) is 60.0 Å². The van der Waals surface area contributed by atoms with E-state index in [-0.39, 0.29) is 42.5 Å². The van der Waals surface area contributed by atoms with Crippen LogP contribution in [0.2, 0.25) is 0 Å². The molecule has 1 heterocycles. The lowest BCUT2D eigenvalue weighted by Crippen LogP contribution is -2.45. The predicted octanol–water partition coefficient (Wildman–Crippen LogP) is 2.85. The van der Waals surface area contributed by atoms with Crippen molar-refractivity contribution in [1.29, 1.82) is 0 Å². The van der Waals surface area contributed by atoms with Gasteiger partial charge < -0.3 is 20.4 Å².